The zero-order chi connectivity index (χ0) is 15.0. The maximum absolute atomic E-state index is 12.0. The van der Waals surface area contributed by atoms with Gasteiger partial charge < -0.3 is 5.32 Å². The van der Waals surface area contributed by atoms with E-state index in [2.05, 4.69) is 12.2 Å². The van der Waals surface area contributed by atoms with E-state index >= 15 is 0 Å². The minimum atomic E-state index is -0.204. The molecule has 1 aromatic carbocycles. The van der Waals surface area contributed by atoms with E-state index < -0.39 is 0 Å². The van der Waals surface area contributed by atoms with Gasteiger partial charge in [-0.3, -0.25) is 14.5 Å². The number of anilines is 1. The van der Waals surface area contributed by atoms with Gasteiger partial charge in [0.05, 0.1) is 11.1 Å². The monoisotopic (exact) mass is 286 g/mol. The van der Waals surface area contributed by atoms with E-state index in [1.807, 2.05) is 12.1 Å². The number of fused-ring (bicyclic) bond motifs is 1. The first-order valence-electron chi connectivity index (χ1n) is 7.79. The van der Waals surface area contributed by atoms with Crippen LogP contribution in [0, 0.1) is 5.92 Å². The molecule has 3 rings (SSSR count). The Morgan fingerprint density at radius 2 is 1.81 bits per heavy atom. The number of nitrogens with zero attached hydrogens (tertiary/aromatic N) is 1. The fourth-order valence-electron chi connectivity index (χ4n) is 3.32. The van der Waals surface area contributed by atoms with Crippen LogP contribution in [0.3, 0.4) is 0 Å². The van der Waals surface area contributed by atoms with Crippen LogP contribution in [-0.4, -0.2) is 29.8 Å². The van der Waals surface area contributed by atoms with Crippen LogP contribution in [0.2, 0.25) is 0 Å². The molecule has 2 unspecified atom stereocenters. The molecule has 1 saturated carbocycles. The molecule has 4 heteroatoms. The molecule has 2 atom stereocenters. The standard InChI is InChI=1S/C17H22N2O2/c1-11-4-3-5-12(7-6-11)18-13-8-9-14-15(10-13)17(21)19(2)16(14)20/h8-12,18H,3-7H2,1-2H3. The van der Waals surface area contributed by atoms with Gasteiger partial charge >= 0.3 is 0 Å². The van der Waals surface area contributed by atoms with Crippen LogP contribution >= 0.6 is 0 Å². The summed E-state index contributed by atoms with van der Waals surface area (Å²) in [4.78, 5) is 25.1. The van der Waals surface area contributed by atoms with E-state index in [0.717, 1.165) is 11.6 Å². The van der Waals surface area contributed by atoms with E-state index in [0.29, 0.717) is 17.2 Å². The first kappa shape index (κ1) is 14.1. The Morgan fingerprint density at radius 3 is 2.62 bits per heavy atom. The molecule has 0 spiro atoms. The maximum atomic E-state index is 12.0. The fraction of sp³-hybridized carbons (Fsp3) is 0.529. The molecule has 1 N–H and O–H groups in total. The van der Waals surface area contributed by atoms with Crippen molar-refractivity contribution in [2.75, 3.05) is 12.4 Å². The maximum Gasteiger partial charge on any atom is 0.261 e. The zero-order valence-electron chi connectivity index (χ0n) is 12.7. The van der Waals surface area contributed by atoms with E-state index in [-0.39, 0.29) is 11.8 Å². The quantitative estimate of drug-likeness (QED) is 0.670. The first-order chi connectivity index (χ1) is 10.1. The van der Waals surface area contributed by atoms with Crippen LogP contribution in [0.5, 0.6) is 0 Å². The van der Waals surface area contributed by atoms with Crippen molar-refractivity contribution in [1.82, 2.24) is 4.90 Å². The Morgan fingerprint density at radius 1 is 1.05 bits per heavy atom. The minimum absolute atomic E-state index is 0.201. The van der Waals surface area contributed by atoms with Crippen molar-refractivity contribution < 1.29 is 9.59 Å². The molecule has 1 heterocycles. The second kappa shape index (κ2) is 5.51. The number of carbonyl (C=O) groups is 2. The molecule has 1 aromatic rings. The number of hydrogen-bond donors (Lipinski definition) is 1. The summed E-state index contributed by atoms with van der Waals surface area (Å²) in [5.41, 5.74) is 1.99. The van der Waals surface area contributed by atoms with Crippen LogP contribution < -0.4 is 5.32 Å². The molecular weight excluding hydrogens is 264 g/mol. The Labute approximate surface area is 125 Å². The molecule has 0 saturated heterocycles. The van der Waals surface area contributed by atoms with Gasteiger partial charge in [0.1, 0.15) is 0 Å². The molecule has 2 aliphatic rings. The normalized spacial score (nSPS) is 25.7. The Balaban J connectivity index is 1.76. The van der Waals surface area contributed by atoms with Gasteiger partial charge in [0.25, 0.3) is 11.8 Å². The van der Waals surface area contributed by atoms with Gasteiger partial charge in [0.15, 0.2) is 0 Å². The van der Waals surface area contributed by atoms with Crippen LogP contribution in [-0.2, 0) is 0 Å². The number of benzene rings is 1. The summed E-state index contributed by atoms with van der Waals surface area (Å²) in [5.74, 6) is 0.405. The molecule has 21 heavy (non-hydrogen) atoms. The van der Waals surface area contributed by atoms with Crippen molar-refractivity contribution in [3.05, 3.63) is 29.3 Å². The van der Waals surface area contributed by atoms with Crippen LogP contribution in [0.1, 0.15) is 59.7 Å². The van der Waals surface area contributed by atoms with E-state index in [4.69, 9.17) is 0 Å². The number of nitrogens with one attached hydrogen (secondary N) is 1. The van der Waals surface area contributed by atoms with Crippen molar-refractivity contribution in [2.24, 2.45) is 5.92 Å². The van der Waals surface area contributed by atoms with Gasteiger partial charge in [-0.15, -0.1) is 0 Å². The summed E-state index contributed by atoms with van der Waals surface area (Å²) in [6, 6.07) is 5.98. The van der Waals surface area contributed by atoms with Crippen molar-refractivity contribution in [2.45, 2.75) is 45.1 Å². The SMILES string of the molecule is CC1CCCC(Nc2ccc3c(c2)C(=O)N(C)C3=O)CC1. The predicted molar refractivity (Wildman–Crippen MR) is 82.5 cm³/mol. The fourth-order valence-corrected chi connectivity index (χ4v) is 3.32. The van der Waals surface area contributed by atoms with Crippen LogP contribution in [0.25, 0.3) is 0 Å². The molecule has 0 aromatic heterocycles. The third kappa shape index (κ3) is 2.67. The largest absolute Gasteiger partial charge is 0.382 e. The minimum Gasteiger partial charge on any atom is -0.382 e. The number of rotatable bonds is 2. The summed E-state index contributed by atoms with van der Waals surface area (Å²) in [5, 5.41) is 3.54. The predicted octanol–water partition coefficient (Wildman–Crippen LogP) is 3.29. The van der Waals surface area contributed by atoms with Gasteiger partial charge in [-0.05, 0) is 43.4 Å². The summed E-state index contributed by atoms with van der Waals surface area (Å²) in [7, 11) is 1.53. The summed E-state index contributed by atoms with van der Waals surface area (Å²) in [6.07, 6.45) is 6.16. The molecule has 1 fully saturated rings. The zero-order valence-corrected chi connectivity index (χ0v) is 12.7. The van der Waals surface area contributed by atoms with Crippen molar-refractivity contribution in [3.63, 3.8) is 0 Å². The summed E-state index contributed by atoms with van der Waals surface area (Å²) >= 11 is 0. The van der Waals surface area contributed by atoms with Gasteiger partial charge in [-0.2, -0.15) is 0 Å². The Bertz CT molecular complexity index is 582. The lowest BCUT2D eigenvalue weighted by Gasteiger charge is -2.18. The van der Waals surface area contributed by atoms with Gasteiger partial charge in [-0.25, -0.2) is 0 Å². The van der Waals surface area contributed by atoms with E-state index in [1.165, 1.54) is 44.1 Å². The van der Waals surface area contributed by atoms with E-state index in [1.54, 1.807) is 6.07 Å². The molecule has 0 bridgehead atoms. The topological polar surface area (TPSA) is 49.4 Å². The number of hydrogen-bond acceptors (Lipinski definition) is 3. The molecule has 112 valence electrons. The lowest BCUT2D eigenvalue weighted by Crippen LogP contribution is -2.24. The van der Waals surface area contributed by atoms with Crippen molar-refractivity contribution >= 4 is 17.5 Å². The van der Waals surface area contributed by atoms with Crippen LogP contribution in [0.15, 0.2) is 18.2 Å². The highest BCUT2D eigenvalue weighted by Gasteiger charge is 2.32. The van der Waals surface area contributed by atoms with Gasteiger partial charge in [-0.1, -0.05) is 19.8 Å². The average Bonchev–Trinajstić information content (AvgIpc) is 2.63. The van der Waals surface area contributed by atoms with Crippen molar-refractivity contribution in [1.29, 1.82) is 0 Å². The Hall–Kier alpha value is -1.84. The van der Waals surface area contributed by atoms with Gasteiger partial charge in [0, 0.05) is 18.8 Å². The molecule has 0 radical (unpaired) electrons. The highest BCUT2D eigenvalue weighted by molar-refractivity contribution is 6.21. The van der Waals surface area contributed by atoms with Gasteiger partial charge in [0.2, 0.25) is 0 Å². The van der Waals surface area contributed by atoms with E-state index in [9.17, 15) is 9.59 Å². The third-order valence-electron chi connectivity index (χ3n) is 4.72. The molecule has 4 nitrogen and oxygen atoms in total. The molecule has 1 aliphatic carbocycles. The molecule has 1 aliphatic heterocycles. The highest BCUT2D eigenvalue weighted by Crippen LogP contribution is 2.28. The number of amides is 2. The molecular formula is C17H22N2O2. The van der Waals surface area contributed by atoms with Crippen molar-refractivity contribution in [3.8, 4) is 0 Å². The summed E-state index contributed by atoms with van der Waals surface area (Å²) < 4.78 is 0. The highest BCUT2D eigenvalue weighted by atomic mass is 16.2. The lowest BCUT2D eigenvalue weighted by atomic mass is 10.0. The second-order valence-electron chi connectivity index (χ2n) is 6.38. The Kier molecular flexibility index (Phi) is 3.70. The molecule has 2 amide bonds. The average molecular weight is 286 g/mol. The number of carbonyl (C=O) groups excluding carboxylic acids is 2. The first-order valence-corrected chi connectivity index (χ1v) is 7.79. The number of imide groups is 1. The van der Waals surface area contributed by atoms with Crippen LogP contribution in [0.4, 0.5) is 5.69 Å². The second-order valence-corrected chi connectivity index (χ2v) is 6.38. The summed E-state index contributed by atoms with van der Waals surface area (Å²) in [6.45, 7) is 2.32. The lowest BCUT2D eigenvalue weighted by molar-refractivity contribution is 0.0693. The third-order valence-corrected chi connectivity index (χ3v) is 4.72. The smallest absolute Gasteiger partial charge is 0.261 e.